The van der Waals surface area contributed by atoms with Crippen molar-refractivity contribution in [1.82, 2.24) is 5.32 Å². The Kier molecular flexibility index (Phi) is 5.51. The zero-order chi connectivity index (χ0) is 15.2. The van der Waals surface area contributed by atoms with Crippen LogP contribution in [0.1, 0.15) is 60.2 Å². The van der Waals surface area contributed by atoms with Gasteiger partial charge in [-0.15, -0.1) is 0 Å². The minimum Gasteiger partial charge on any atom is -0.443 e. The predicted octanol–water partition coefficient (Wildman–Crippen LogP) is 3.17. The molecule has 2 rings (SSSR count). The number of rotatable bonds is 5. The summed E-state index contributed by atoms with van der Waals surface area (Å²) in [6.45, 7) is 4.51. The molecule has 2 atom stereocenters. The van der Waals surface area contributed by atoms with Gasteiger partial charge in [0.25, 0.3) is 0 Å². The molecule has 1 aromatic rings. The van der Waals surface area contributed by atoms with Gasteiger partial charge in [-0.05, 0) is 31.9 Å². The molecule has 0 radical (unpaired) electrons. The number of hydrogen-bond donors (Lipinski definition) is 1. The van der Waals surface area contributed by atoms with Gasteiger partial charge in [0.15, 0.2) is 12.0 Å². The van der Waals surface area contributed by atoms with Crippen LogP contribution in [0, 0.1) is 5.92 Å². The number of carbonyl (C=O) groups excluding carboxylic acids is 2. The third-order valence-electron chi connectivity index (χ3n) is 3.94. The molecule has 1 aromatic carbocycles. The molecule has 1 aliphatic rings. The van der Waals surface area contributed by atoms with Gasteiger partial charge in [-0.25, -0.2) is 4.79 Å². The van der Waals surface area contributed by atoms with Crippen molar-refractivity contribution in [2.45, 2.75) is 45.8 Å². The summed E-state index contributed by atoms with van der Waals surface area (Å²) in [5, 5.41) is 3.23. The molecule has 1 heterocycles. The number of nitrogens with one attached hydrogen (secondary N) is 1. The highest BCUT2D eigenvalue weighted by Gasteiger charge is 2.25. The van der Waals surface area contributed by atoms with Gasteiger partial charge < -0.3 is 4.74 Å². The predicted molar refractivity (Wildman–Crippen MR) is 81.3 cm³/mol. The van der Waals surface area contributed by atoms with Crippen LogP contribution in [-0.4, -0.2) is 24.5 Å². The van der Waals surface area contributed by atoms with Gasteiger partial charge in [-0.2, -0.15) is 0 Å². The molecule has 1 aliphatic heterocycles. The average molecular weight is 289 g/mol. The first-order chi connectivity index (χ1) is 10.1. The van der Waals surface area contributed by atoms with Crippen molar-refractivity contribution in [2.24, 2.45) is 5.92 Å². The molecule has 114 valence electrons. The lowest BCUT2D eigenvalue weighted by Crippen LogP contribution is -2.41. The van der Waals surface area contributed by atoms with E-state index in [4.69, 9.17) is 4.74 Å². The van der Waals surface area contributed by atoms with E-state index in [1.54, 1.807) is 24.3 Å². The zero-order valence-electron chi connectivity index (χ0n) is 12.7. The number of benzene rings is 1. The Balaban J connectivity index is 2.03. The highest BCUT2D eigenvalue weighted by Crippen LogP contribution is 2.22. The van der Waals surface area contributed by atoms with Crippen molar-refractivity contribution in [3.63, 3.8) is 0 Å². The molecule has 2 unspecified atom stereocenters. The molecule has 0 saturated carbocycles. The molecule has 1 N–H and O–H groups in total. The first kappa shape index (κ1) is 15.7. The van der Waals surface area contributed by atoms with E-state index in [0.29, 0.717) is 17.0 Å². The van der Waals surface area contributed by atoms with E-state index < -0.39 is 5.97 Å². The molecule has 21 heavy (non-hydrogen) atoms. The number of carbonyl (C=O) groups is 2. The quantitative estimate of drug-likeness (QED) is 0.668. The standard InChI is InChI=1S/C17H23NO3/c1-3-6-13-9-10-18-16(11-13)21-17(20)15-8-5-4-7-14(15)12(2)19/h4-5,7-8,13,16,18H,3,6,9-11H2,1-2H3. The largest absolute Gasteiger partial charge is 0.443 e. The normalized spacial score (nSPS) is 21.8. The third-order valence-corrected chi connectivity index (χ3v) is 3.94. The Morgan fingerprint density at radius 3 is 2.67 bits per heavy atom. The van der Waals surface area contributed by atoms with Gasteiger partial charge in [0.05, 0.1) is 5.56 Å². The molecule has 0 spiro atoms. The number of piperidine rings is 1. The summed E-state index contributed by atoms with van der Waals surface area (Å²) in [5.74, 6) is 0.0653. The Morgan fingerprint density at radius 2 is 2.00 bits per heavy atom. The van der Waals surface area contributed by atoms with Crippen molar-refractivity contribution in [2.75, 3.05) is 6.54 Å². The lowest BCUT2D eigenvalue weighted by Gasteiger charge is -2.29. The summed E-state index contributed by atoms with van der Waals surface area (Å²) in [6.07, 6.45) is 4.05. The molecule has 4 heteroatoms. The second-order valence-electron chi connectivity index (χ2n) is 5.63. The maximum absolute atomic E-state index is 12.3. The number of ketones is 1. The van der Waals surface area contributed by atoms with Crippen LogP contribution < -0.4 is 5.32 Å². The molecular weight excluding hydrogens is 266 g/mol. The molecule has 1 fully saturated rings. The summed E-state index contributed by atoms with van der Waals surface area (Å²) >= 11 is 0. The van der Waals surface area contributed by atoms with E-state index in [9.17, 15) is 9.59 Å². The highest BCUT2D eigenvalue weighted by molar-refractivity contribution is 6.05. The second-order valence-corrected chi connectivity index (χ2v) is 5.63. The Hall–Kier alpha value is -1.68. The Morgan fingerprint density at radius 1 is 1.29 bits per heavy atom. The second kappa shape index (κ2) is 7.36. The van der Waals surface area contributed by atoms with E-state index in [2.05, 4.69) is 12.2 Å². The fourth-order valence-corrected chi connectivity index (χ4v) is 2.87. The molecule has 1 saturated heterocycles. The van der Waals surface area contributed by atoms with Crippen molar-refractivity contribution in [3.05, 3.63) is 35.4 Å². The monoisotopic (exact) mass is 289 g/mol. The first-order valence-electron chi connectivity index (χ1n) is 7.66. The molecule has 0 aromatic heterocycles. The maximum Gasteiger partial charge on any atom is 0.340 e. The molecule has 0 bridgehead atoms. The minimum atomic E-state index is -0.421. The highest BCUT2D eigenvalue weighted by atomic mass is 16.6. The third kappa shape index (κ3) is 4.14. The fraction of sp³-hybridized carbons (Fsp3) is 0.529. The molecule has 0 amide bonds. The molecular formula is C17H23NO3. The van der Waals surface area contributed by atoms with Crippen molar-refractivity contribution in [3.8, 4) is 0 Å². The van der Waals surface area contributed by atoms with Gasteiger partial charge in [0.1, 0.15) is 0 Å². The summed E-state index contributed by atoms with van der Waals surface area (Å²) in [6, 6.07) is 6.80. The summed E-state index contributed by atoms with van der Waals surface area (Å²) in [4.78, 5) is 23.9. The summed E-state index contributed by atoms with van der Waals surface area (Å²) in [5.41, 5.74) is 0.771. The van der Waals surface area contributed by atoms with Crippen molar-refractivity contribution < 1.29 is 14.3 Å². The van der Waals surface area contributed by atoms with Crippen molar-refractivity contribution >= 4 is 11.8 Å². The topological polar surface area (TPSA) is 55.4 Å². The van der Waals surface area contributed by atoms with Crippen LogP contribution in [-0.2, 0) is 4.74 Å². The van der Waals surface area contributed by atoms with Crippen LogP contribution in [0.25, 0.3) is 0 Å². The number of ether oxygens (including phenoxy) is 1. The maximum atomic E-state index is 12.3. The van der Waals surface area contributed by atoms with Gasteiger partial charge in [0.2, 0.25) is 0 Å². The van der Waals surface area contributed by atoms with E-state index in [-0.39, 0.29) is 12.0 Å². The Bertz CT molecular complexity index is 511. The van der Waals surface area contributed by atoms with Crippen LogP contribution in [0.4, 0.5) is 0 Å². The van der Waals surface area contributed by atoms with Gasteiger partial charge in [-0.3, -0.25) is 10.1 Å². The van der Waals surface area contributed by atoms with E-state index in [0.717, 1.165) is 25.8 Å². The van der Waals surface area contributed by atoms with E-state index in [1.807, 2.05) is 0 Å². The van der Waals surface area contributed by atoms with Gasteiger partial charge in [-0.1, -0.05) is 38.0 Å². The molecule has 4 nitrogen and oxygen atoms in total. The van der Waals surface area contributed by atoms with Crippen LogP contribution in [0.15, 0.2) is 24.3 Å². The average Bonchev–Trinajstić information content (AvgIpc) is 2.48. The summed E-state index contributed by atoms with van der Waals surface area (Å²) < 4.78 is 5.54. The van der Waals surface area contributed by atoms with Crippen LogP contribution in [0.3, 0.4) is 0 Å². The Labute approximate surface area is 125 Å². The van der Waals surface area contributed by atoms with E-state index >= 15 is 0 Å². The number of Topliss-reactive ketones (excluding diaryl/α,β-unsaturated/α-hetero) is 1. The van der Waals surface area contributed by atoms with Gasteiger partial charge >= 0.3 is 5.97 Å². The lowest BCUT2D eigenvalue weighted by atomic mass is 9.92. The molecule has 0 aliphatic carbocycles. The SMILES string of the molecule is CCCC1CCNC(OC(=O)c2ccccc2C(C)=O)C1. The zero-order valence-corrected chi connectivity index (χ0v) is 12.7. The number of hydrogen-bond acceptors (Lipinski definition) is 4. The lowest BCUT2D eigenvalue weighted by molar-refractivity contribution is 0.00546. The van der Waals surface area contributed by atoms with Crippen LogP contribution in [0.5, 0.6) is 0 Å². The van der Waals surface area contributed by atoms with Gasteiger partial charge in [0, 0.05) is 12.0 Å². The number of esters is 1. The van der Waals surface area contributed by atoms with Crippen LogP contribution in [0.2, 0.25) is 0 Å². The van der Waals surface area contributed by atoms with Crippen LogP contribution >= 0.6 is 0 Å². The minimum absolute atomic E-state index is 0.122. The fourth-order valence-electron chi connectivity index (χ4n) is 2.87. The first-order valence-corrected chi connectivity index (χ1v) is 7.66. The summed E-state index contributed by atoms with van der Waals surface area (Å²) in [7, 11) is 0. The smallest absolute Gasteiger partial charge is 0.340 e. The van der Waals surface area contributed by atoms with Crippen molar-refractivity contribution in [1.29, 1.82) is 0 Å². The van der Waals surface area contributed by atoms with E-state index in [1.165, 1.54) is 13.3 Å².